The van der Waals surface area contributed by atoms with Crippen LogP contribution in [0.25, 0.3) is 0 Å². The summed E-state index contributed by atoms with van der Waals surface area (Å²) in [6.45, 7) is 8.19. The summed E-state index contributed by atoms with van der Waals surface area (Å²) in [4.78, 5) is 37.1. The molecule has 1 rings (SSSR count). The molecule has 0 saturated carbocycles. The maximum Gasteiger partial charge on any atom is 0.306 e. The Bertz CT molecular complexity index is 1080. The van der Waals surface area contributed by atoms with Gasteiger partial charge >= 0.3 is 17.9 Å². The molecule has 1 aromatic rings. The highest BCUT2D eigenvalue weighted by molar-refractivity contribution is 5.70. The van der Waals surface area contributed by atoms with E-state index < -0.39 is 6.29 Å². The zero-order valence-electron chi connectivity index (χ0n) is 34.4. The average Bonchev–Trinajstić information content (AvgIpc) is 3.18. The predicted molar refractivity (Wildman–Crippen MR) is 216 cm³/mol. The van der Waals surface area contributed by atoms with E-state index in [0.717, 1.165) is 44.9 Å². The molecule has 0 radical (unpaired) electrons. The number of esters is 3. The van der Waals surface area contributed by atoms with E-state index in [1.807, 2.05) is 6.07 Å². The van der Waals surface area contributed by atoms with Crippen molar-refractivity contribution in [2.24, 2.45) is 0 Å². The molecular weight excluding hydrogens is 684 g/mol. The minimum Gasteiger partial charge on any atom is -0.465 e. The highest BCUT2D eigenvalue weighted by atomic mass is 16.7. The fourth-order valence-electron chi connectivity index (χ4n) is 5.99. The van der Waals surface area contributed by atoms with Gasteiger partial charge in [-0.05, 0) is 67.7 Å². The first-order chi connectivity index (χ1) is 26.4. The standard InChI is InChI=1S/C45H76O9/c1-4-7-10-13-16-19-23-30-50-42(47)26-21-20-22-27-43(48)53-37-40-33-39(36-46)34-41(35-40)38-54-44(49)28-29-45(51-31-24-17-14-11-8-5-2)52-32-25-18-15-12-9-6-3/h16,19,33-35,45-46H,4-15,17-18,20-32,36-38H2,1-3H3/b19-16-. The topological polar surface area (TPSA) is 118 Å². The lowest BCUT2D eigenvalue weighted by Gasteiger charge is -2.19. The van der Waals surface area contributed by atoms with Gasteiger partial charge in [0.05, 0.1) is 19.6 Å². The Hall–Kier alpha value is -2.75. The Morgan fingerprint density at radius 1 is 0.519 bits per heavy atom. The van der Waals surface area contributed by atoms with Crippen LogP contribution in [0.15, 0.2) is 30.4 Å². The third kappa shape index (κ3) is 29.6. The lowest BCUT2D eigenvalue weighted by molar-refractivity contribution is -0.160. The summed E-state index contributed by atoms with van der Waals surface area (Å²) in [5.74, 6) is -0.864. The van der Waals surface area contributed by atoms with E-state index in [1.165, 1.54) is 70.6 Å². The van der Waals surface area contributed by atoms with Crippen molar-refractivity contribution in [1.82, 2.24) is 0 Å². The number of hydrogen-bond donors (Lipinski definition) is 1. The molecule has 0 aliphatic carbocycles. The molecular formula is C45H76O9. The first-order valence-corrected chi connectivity index (χ1v) is 21.5. The Morgan fingerprint density at radius 2 is 0.963 bits per heavy atom. The van der Waals surface area contributed by atoms with Crippen molar-refractivity contribution in [3.63, 3.8) is 0 Å². The second-order valence-corrected chi connectivity index (χ2v) is 14.4. The molecule has 0 saturated heterocycles. The number of hydrogen-bond acceptors (Lipinski definition) is 9. The van der Waals surface area contributed by atoms with Crippen molar-refractivity contribution >= 4 is 17.9 Å². The number of benzene rings is 1. The predicted octanol–water partition coefficient (Wildman–Crippen LogP) is 11.1. The maximum atomic E-state index is 12.7. The molecule has 0 aromatic heterocycles. The Morgan fingerprint density at radius 3 is 1.52 bits per heavy atom. The SMILES string of the molecule is CCCCC/C=C\CCOC(=O)CCCCCC(=O)OCc1cc(CO)cc(COC(=O)CCC(OCCCCCCCC)OCCCCCCCC)c1. The quantitative estimate of drug-likeness (QED) is 0.0232. The zero-order valence-corrected chi connectivity index (χ0v) is 34.4. The van der Waals surface area contributed by atoms with Crippen LogP contribution in [0.1, 0.15) is 192 Å². The van der Waals surface area contributed by atoms with Crippen molar-refractivity contribution in [2.75, 3.05) is 19.8 Å². The second-order valence-electron chi connectivity index (χ2n) is 14.4. The van der Waals surface area contributed by atoms with Crippen LogP contribution in [0.3, 0.4) is 0 Å². The van der Waals surface area contributed by atoms with Gasteiger partial charge in [0.1, 0.15) is 13.2 Å². The van der Waals surface area contributed by atoms with Crippen LogP contribution in [0, 0.1) is 0 Å². The van der Waals surface area contributed by atoms with E-state index in [2.05, 4.69) is 32.9 Å². The molecule has 0 amide bonds. The average molecular weight is 761 g/mol. The molecule has 0 atom stereocenters. The van der Waals surface area contributed by atoms with Crippen LogP contribution in [-0.4, -0.2) is 49.1 Å². The molecule has 9 heteroatoms. The number of ether oxygens (including phenoxy) is 5. The monoisotopic (exact) mass is 761 g/mol. The van der Waals surface area contributed by atoms with Gasteiger partial charge in [-0.1, -0.05) is 129 Å². The van der Waals surface area contributed by atoms with E-state index in [0.29, 0.717) is 62.2 Å². The van der Waals surface area contributed by atoms with Gasteiger partial charge in [0.2, 0.25) is 0 Å². The lowest BCUT2D eigenvalue weighted by Crippen LogP contribution is -2.21. The van der Waals surface area contributed by atoms with Crippen LogP contribution in [0.2, 0.25) is 0 Å². The van der Waals surface area contributed by atoms with Crippen molar-refractivity contribution < 1.29 is 43.2 Å². The summed E-state index contributed by atoms with van der Waals surface area (Å²) in [6.07, 6.45) is 26.7. The largest absolute Gasteiger partial charge is 0.465 e. The van der Waals surface area contributed by atoms with Gasteiger partial charge in [0, 0.05) is 32.5 Å². The van der Waals surface area contributed by atoms with Crippen LogP contribution >= 0.6 is 0 Å². The number of aliphatic hydroxyl groups excluding tert-OH is 1. The number of allylic oxidation sites excluding steroid dienone is 1. The molecule has 0 spiro atoms. The molecule has 1 aromatic carbocycles. The first kappa shape index (κ1) is 49.3. The van der Waals surface area contributed by atoms with Crippen molar-refractivity contribution in [3.8, 4) is 0 Å². The number of unbranched alkanes of at least 4 members (excludes halogenated alkanes) is 15. The van der Waals surface area contributed by atoms with Crippen LogP contribution in [0.4, 0.5) is 0 Å². The van der Waals surface area contributed by atoms with Crippen molar-refractivity contribution in [2.45, 2.75) is 201 Å². The number of rotatable bonds is 37. The van der Waals surface area contributed by atoms with Crippen molar-refractivity contribution in [1.29, 1.82) is 0 Å². The molecule has 310 valence electrons. The second kappa shape index (κ2) is 35.9. The third-order valence-electron chi connectivity index (χ3n) is 9.23. The van der Waals surface area contributed by atoms with Gasteiger partial charge in [-0.25, -0.2) is 0 Å². The summed E-state index contributed by atoms with van der Waals surface area (Å²) in [7, 11) is 0. The van der Waals surface area contributed by atoms with Gasteiger partial charge in [-0.3, -0.25) is 14.4 Å². The van der Waals surface area contributed by atoms with Crippen LogP contribution in [0.5, 0.6) is 0 Å². The van der Waals surface area contributed by atoms with Gasteiger partial charge in [-0.2, -0.15) is 0 Å². The summed E-state index contributed by atoms with van der Waals surface area (Å²) in [5, 5.41) is 9.81. The molecule has 0 unspecified atom stereocenters. The van der Waals surface area contributed by atoms with Crippen LogP contribution < -0.4 is 0 Å². The smallest absolute Gasteiger partial charge is 0.306 e. The summed E-state index contributed by atoms with van der Waals surface area (Å²) >= 11 is 0. The zero-order chi connectivity index (χ0) is 39.3. The molecule has 0 bridgehead atoms. The molecule has 0 aliphatic rings. The van der Waals surface area contributed by atoms with E-state index in [-0.39, 0.29) is 50.6 Å². The highest BCUT2D eigenvalue weighted by Gasteiger charge is 2.14. The number of carbonyl (C=O) groups excluding carboxylic acids is 3. The Kier molecular flexibility index (Phi) is 32.8. The van der Waals surface area contributed by atoms with Gasteiger partial charge < -0.3 is 28.8 Å². The molecule has 1 N–H and O–H groups in total. The molecule has 54 heavy (non-hydrogen) atoms. The minimum atomic E-state index is -0.429. The lowest BCUT2D eigenvalue weighted by atomic mass is 10.1. The third-order valence-corrected chi connectivity index (χ3v) is 9.23. The van der Waals surface area contributed by atoms with Crippen LogP contribution in [-0.2, 0) is 57.9 Å². The van der Waals surface area contributed by atoms with Gasteiger partial charge in [0.25, 0.3) is 0 Å². The summed E-state index contributed by atoms with van der Waals surface area (Å²) in [5.41, 5.74) is 2.08. The molecule has 0 heterocycles. The Balaban J connectivity index is 2.40. The number of aliphatic hydroxyl groups is 1. The highest BCUT2D eigenvalue weighted by Crippen LogP contribution is 2.16. The van der Waals surface area contributed by atoms with E-state index in [1.54, 1.807) is 12.1 Å². The van der Waals surface area contributed by atoms with E-state index in [4.69, 9.17) is 23.7 Å². The summed E-state index contributed by atoms with van der Waals surface area (Å²) in [6, 6.07) is 5.38. The van der Waals surface area contributed by atoms with E-state index in [9.17, 15) is 19.5 Å². The minimum absolute atomic E-state index is 0.0493. The van der Waals surface area contributed by atoms with Crippen molar-refractivity contribution in [3.05, 3.63) is 47.0 Å². The maximum absolute atomic E-state index is 12.7. The molecule has 0 aliphatic heterocycles. The summed E-state index contributed by atoms with van der Waals surface area (Å²) < 4.78 is 28.5. The first-order valence-electron chi connectivity index (χ1n) is 21.5. The van der Waals surface area contributed by atoms with Gasteiger partial charge in [-0.15, -0.1) is 0 Å². The van der Waals surface area contributed by atoms with Gasteiger partial charge in [0.15, 0.2) is 6.29 Å². The Labute approximate surface area is 328 Å². The normalized spacial score (nSPS) is 11.4. The molecule has 0 fully saturated rings. The molecule has 9 nitrogen and oxygen atoms in total. The van der Waals surface area contributed by atoms with E-state index >= 15 is 0 Å². The fourth-order valence-corrected chi connectivity index (χ4v) is 5.99. The number of carbonyl (C=O) groups is 3. The fraction of sp³-hybridized carbons (Fsp3) is 0.756.